The van der Waals surface area contributed by atoms with Gasteiger partial charge in [0.1, 0.15) is 11.6 Å². The Labute approximate surface area is 71.3 Å². The molecule has 4 atom stereocenters. The van der Waals surface area contributed by atoms with Crippen LogP contribution in [0.25, 0.3) is 0 Å². The van der Waals surface area contributed by atoms with E-state index in [0.29, 0.717) is 11.6 Å². The molecule has 0 spiro atoms. The molecule has 4 aliphatic rings. The van der Waals surface area contributed by atoms with E-state index in [0.717, 1.165) is 25.7 Å². The molecule has 12 heavy (non-hydrogen) atoms. The molecule has 4 unspecified atom stereocenters. The molecule has 0 radical (unpaired) electrons. The van der Waals surface area contributed by atoms with E-state index in [1.165, 1.54) is 0 Å². The lowest BCUT2D eigenvalue weighted by Crippen LogP contribution is -2.15. The van der Waals surface area contributed by atoms with Crippen LogP contribution in [0.3, 0.4) is 0 Å². The number of carbonyl (C=O) groups excluding carboxylic acids is 2. The Hall–Kier alpha value is -0.660. The molecule has 0 saturated heterocycles. The van der Waals surface area contributed by atoms with Gasteiger partial charge in [-0.05, 0) is 25.7 Å². The topological polar surface area (TPSA) is 34.1 Å². The zero-order valence-electron chi connectivity index (χ0n) is 6.95. The van der Waals surface area contributed by atoms with Gasteiger partial charge in [-0.3, -0.25) is 9.59 Å². The molecule has 64 valence electrons. The lowest BCUT2D eigenvalue weighted by molar-refractivity contribution is -0.127. The zero-order chi connectivity index (χ0) is 8.29. The summed E-state index contributed by atoms with van der Waals surface area (Å²) in [5.74, 6) is 1.64. The summed E-state index contributed by atoms with van der Waals surface area (Å²) in [7, 11) is 0. The van der Waals surface area contributed by atoms with Crippen LogP contribution >= 0.6 is 0 Å². The maximum Gasteiger partial charge on any atom is 0.139 e. The average Bonchev–Trinajstić information content (AvgIpc) is 2.32. The van der Waals surface area contributed by atoms with Crippen LogP contribution < -0.4 is 0 Å². The quantitative estimate of drug-likeness (QED) is 0.539. The minimum absolute atomic E-state index is 0.148. The summed E-state index contributed by atoms with van der Waals surface area (Å²) in [5.41, 5.74) is 0. The van der Waals surface area contributed by atoms with Crippen LogP contribution in [-0.4, -0.2) is 11.6 Å². The fourth-order valence-corrected chi connectivity index (χ4v) is 3.33. The summed E-state index contributed by atoms with van der Waals surface area (Å²) < 4.78 is 0. The molecule has 0 aromatic carbocycles. The molecule has 0 N–H and O–H groups in total. The average molecular weight is 164 g/mol. The van der Waals surface area contributed by atoms with Gasteiger partial charge in [-0.15, -0.1) is 0 Å². The second kappa shape index (κ2) is 1.98. The summed E-state index contributed by atoms with van der Waals surface area (Å²) in [4.78, 5) is 23.3. The van der Waals surface area contributed by atoms with Crippen LogP contribution in [0, 0.1) is 23.7 Å². The van der Waals surface area contributed by atoms with E-state index in [1.807, 2.05) is 0 Å². The number of fused-ring (bicyclic) bond motifs is 1. The van der Waals surface area contributed by atoms with E-state index in [1.54, 1.807) is 0 Å². The van der Waals surface area contributed by atoms with Crippen LogP contribution in [-0.2, 0) is 9.59 Å². The second-order valence-corrected chi connectivity index (χ2v) is 4.46. The largest absolute Gasteiger partial charge is 0.299 e. The molecule has 4 rings (SSSR count). The van der Waals surface area contributed by atoms with E-state index in [2.05, 4.69) is 0 Å². The van der Waals surface area contributed by atoms with Crippen molar-refractivity contribution in [1.29, 1.82) is 0 Å². The standard InChI is InChI=1S/C10H12O2/c11-9-5-1-2-6-4-8(9)7(3-5)10(6)12/h5-8H,1-4H2. The molecular weight excluding hydrogens is 152 g/mol. The Balaban J connectivity index is 2.10. The number of carbonyl (C=O) groups is 2. The van der Waals surface area contributed by atoms with Gasteiger partial charge < -0.3 is 0 Å². The van der Waals surface area contributed by atoms with Gasteiger partial charge >= 0.3 is 0 Å². The molecule has 2 nitrogen and oxygen atoms in total. The molecule has 4 bridgehead atoms. The van der Waals surface area contributed by atoms with Gasteiger partial charge in [-0.2, -0.15) is 0 Å². The first-order valence-corrected chi connectivity index (χ1v) is 4.85. The van der Waals surface area contributed by atoms with Gasteiger partial charge in [-0.1, -0.05) is 0 Å². The summed E-state index contributed by atoms with van der Waals surface area (Å²) in [6.07, 6.45) is 3.75. The number of hydrogen-bond acceptors (Lipinski definition) is 2. The predicted octanol–water partition coefficient (Wildman–Crippen LogP) is 1.19. The maximum absolute atomic E-state index is 11.6. The lowest BCUT2D eigenvalue weighted by atomic mass is 9.99. The Bertz CT molecular complexity index is 241. The van der Waals surface area contributed by atoms with Crippen LogP contribution in [0.5, 0.6) is 0 Å². The number of ketones is 2. The fraction of sp³-hybridized carbons (Fsp3) is 0.800. The normalized spacial score (nSPS) is 50.3. The minimum Gasteiger partial charge on any atom is -0.299 e. The SMILES string of the molecule is O=C1C2CCC3CC1C(C2)C3=O. The molecule has 4 saturated carbocycles. The van der Waals surface area contributed by atoms with Crippen LogP contribution in [0.15, 0.2) is 0 Å². The highest BCUT2D eigenvalue weighted by atomic mass is 16.1. The van der Waals surface area contributed by atoms with Crippen LogP contribution in [0.1, 0.15) is 25.7 Å². The van der Waals surface area contributed by atoms with Gasteiger partial charge in [0, 0.05) is 23.7 Å². The Morgan fingerprint density at radius 2 is 1.25 bits per heavy atom. The van der Waals surface area contributed by atoms with Gasteiger partial charge in [0.25, 0.3) is 0 Å². The third-order valence-electron chi connectivity index (χ3n) is 3.96. The minimum atomic E-state index is 0.148. The van der Waals surface area contributed by atoms with Crippen LogP contribution in [0.4, 0.5) is 0 Å². The van der Waals surface area contributed by atoms with Gasteiger partial charge in [0.15, 0.2) is 0 Å². The highest BCUT2D eigenvalue weighted by Gasteiger charge is 2.55. The highest BCUT2D eigenvalue weighted by molar-refractivity contribution is 5.99. The highest BCUT2D eigenvalue weighted by Crippen LogP contribution is 2.51. The molecule has 2 heteroatoms. The van der Waals surface area contributed by atoms with Crippen molar-refractivity contribution in [3.05, 3.63) is 0 Å². The molecule has 0 heterocycles. The van der Waals surface area contributed by atoms with Crippen molar-refractivity contribution in [2.24, 2.45) is 23.7 Å². The summed E-state index contributed by atoms with van der Waals surface area (Å²) >= 11 is 0. The maximum atomic E-state index is 11.6. The van der Waals surface area contributed by atoms with Crippen molar-refractivity contribution in [1.82, 2.24) is 0 Å². The van der Waals surface area contributed by atoms with Crippen molar-refractivity contribution in [2.75, 3.05) is 0 Å². The Kier molecular flexibility index (Phi) is 1.12. The monoisotopic (exact) mass is 164 g/mol. The summed E-state index contributed by atoms with van der Waals surface area (Å²) in [6, 6.07) is 0. The van der Waals surface area contributed by atoms with Crippen molar-refractivity contribution in [2.45, 2.75) is 25.7 Å². The van der Waals surface area contributed by atoms with Gasteiger partial charge in [-0.25, -0.2) is 0 Å². The predicted molar refractivity (Wildman–Crippen MR) is 42.4 cm³/mol. The molecule has 0 aliphatic heterocycles. The van der Waals surface area contributed by atoms with Crippen molar-refractivity contribution in [3.8, 4) is 0 Å². The van der Waals surface area contributed by atoms with E-state index < -0.39 is 0 Å². The first-order valence-electron chi connectivity index (χ1n) is 4.85. The number of Topliss-reactive ketones (excluding diaryl/α,β-unsaturated/α-hetero) is 2. The zero-order valence-corrected chi connectivity index (χ0v) is 6.95. The molecule has 0 aromatic rings. The molecule has 4 fully saturated rings. The summed E-state index contributed by atoms with van der Waals surface area (Å²) in [5, 5.41) is 0. The molecule has 4 aliphatic carbocycles. The van der Waals surface area contributed by atoms with E-state index >= 15 is 0 Å². The third-order valence-corrected chi connectivity index (χ3v) is 3.96. The van der Waals surface area contributed by atoms with Crippen molar-refractivity contribution >= 4 is 11.6 Å². The third kappa shape index (κ3) is 0.621. The fourth-order valence-electron chi connectivity index (χ4n) is 3.33. The van der Waals surface area contributed by atoms with Crippen LogP contribution in [0.2, 0.25) is 0 Å². The Morgan fingerprint density at radius 3 is 1.67 bits per heavy atom. The van der Waals surface area contributed by atoms with Crippen molar-refractivity contribution < 1.29 is 9.59 Å². The van der Waals surface area contributed by atoms with E-state index in [4.69, 9.17) is 0 Å². The molecule has 0 amide bonds. The molecular formula is C10H12O2. The lowest BCUT2D eigenvalue weighted by Gasteiger charge is -2.04. The first kappa shape index (κ1) is 6.81. The van der Waals surface area contributed by atoms with Gasteiger partial charge in [0.05, 0.1) is 0 Å². The number of hydrogen-bond donors (Lipinski definition) is 0. The van der Waals surface area contributed by atoms with E-state index in [-0.39, 0.29) is 23.7 Å². The Morgan fingerprint density at radius 1 is 0.833 bits per heavy atom. The van der Waals surface area contributed by atoms with Gasteiger partial charge in [0.2, 0.25) is 0 Å². The smallest absolute Gasteiger partial charge is 0.139 e. The van der Waals surface area contributed by atoms with E-state index in [9.17, 15) is 9.59 Å². The van der Waals surface area contributed by atoms with Crippen molar-refractivity contribution in [3.63, 3.8) is 0 Å². The first-order chi connectivity index (χ1) is 5.77. The second-order valence-electron chi connectivity index (χ2n) is 4.46. The number of rotatable bonds is 0. The molecule has 0 aromatic heterocycles. The summed E-state index contributed by atoms with van der Waals surface area (Å²) in [6.45, 7) is 0.